The van der Waals surface area contributed by atoms with Gasteiger partial charge in [0, 0.05) is 13.0 Å². The Morgan fingerprint density at radius 2 is 2.05 bits per heavy atom. The molecule has 1 aromatic carbocycles. The van der Waals surface area contributed by atoms with E-state index in [1.54, 1.807) is 0 Å². The van der Waals surface area contributed by atoms with Crippen LogP contribution in [-0.2, 0) is 26.0 Å². The van der Waals surface area contributed by atoms with Crippen molar-refractivity contribution in [3.05, 3.63) is 35.9 Å². The highest BCUT2D eigenvalue weighted by Gasteiger charge is 2.43. The lowest BCUT2D eigenvalue weighted by Crippen LogP contribution is -2.42. The van der Waals surface area contributed by atoms with Gasteiger partial charge in [-0.05, 0) is 12.0 Å². The van der Waals surface area contributed by atoms with Gasteiger partial charge in [0.15, 0.2) is 0 Å². The zero-order chi connectivity index (χ0) is 15.5. The molecule has 1 saturated heterocycles. The van der Waals surface area contributed by atoms with Crippen LogP contribution in [0.3, 0.4) is 0 Å². The Bertz CT molecular complexity index is 587. The summed E-state index contributed by atoms with van der Waals surface area (Å²) in [5.74, 6) is -0.730. The number of aliphatic hydroxyl groups excluding tert-OH is 1. The Labute approximate surface area is 124 Å². The molecule has 1 fully saturated rings. The molecule has 0 radical (unpaired) electrons. The fraction of sp³-hybridized carbons (Fsp3) is 0.500. The van der Waals surface area contributed by atoms with Crippen molar-refractivity contribution in [2.75, 3.05) is 19.4 Å². The molecule has 0 spiro atoms. The zero-order valence-corrected chi connectivity index (χ0v) is 12.6. The Morgan fingerprint density at radius 3 is 2.67 bits per heavy atom. The molecule has 1 N–H and O–H groups in total. The van der Waals surface area contributed by atoms with E-state index < -0.39 is 28.1 Å². The van der Waals surface area contributed by atoms with Crippen LogP contribution in [0, 0.1) is 0 Å². The number of β-amino-alcohol motifs (C(OH)–C–C–N with tert-alkyl or cyclic N) is 1. The van der Waals surface area contributed by atoms with Crippen LogP contribution < -0.4 is 0 Å². The average molecular weight is 313 g/mol. The molecule has 0 aromatic heterocycles. The Balaban J connectivity index is 2.09. The minimum atomic E-state index is -3.62. The second kappa shape index (κ2) is 6.55. The molecule has 1 aliphatic heterocycles. The van der Waals surface area contributed by atoms with Crippen LogP contribution in [0.2, 0.25) is 0 Å². The summed E-state index contributed by atoms with van der Waals surface area (Å²) < 4.78 is 30.5. The Morgan fingerprint density at radius 1 is 1.38 bits per heavy atom. The lowest BCUT2D eigenvalue weighted by molar-refractivity contribution is -0.144. The largest absolute Gasteiger partial charge is 0.468 e. The van der Waals surface area contributed by atoms with Crippen LogP contribution in [-0.4, -0.2) is 55.4 Å². The first-order valence-corrected chi connectivity index (χ1v) is 8.34. The van der Waals surface area contributed by atoms with Gasteiger partial charge in [0.25, 0.3) is 0 Å². The molecule has 1 aliphatic rings. The van der Waals surface area contributed by atoms with Gasteiger partial charge in [0.2, 0.25) is 10.0 Å². The van der Waals surface area contributed by atoms with Crippen LogP contribution >= 0.6 is 0 Å². The van der Waals surface area contributed by atoms with Crippen molar-refractivity contribution in [1.82, 2.24) is 4.31 Å². The molecular formula is C14H19NO5S. The van der Waals surface area contributed by atoms with E-state index in [-0.39, 0.29) is 18.7 Å². The third kappa shape index (κ3) is 3.81. The number of methoxy groups -OCH3 is 1. The van der Waals surface area contributed by atoms with Gasteiger partial charge in [-0.2, -0.15) is 4.31 Å². The molecule has 2 atom stereocenters. The summed E-state index contributed by atoms with van der Waals surface area (Å²) in [6.45, 7) is -0.0586. The van der Waals surface area contributed by atoms with Crippen molar-refractivity contribution in [3.63, 3.8) is 0 Å². The van der Waals surface area contributed by atoms with Gasteiger partial charge in [0.05, 0.1) is 19.0 Å². The second-order valence-electron chi connectivity index (χ2n) is 5.05. The zero-order valence-electron chi connectivity index (χ0n) is 11.8. The highest BCUT2D eigenvalue weighted by molar-refractivity contribution is 7.89. The van der Waals surface area contributed by atoms with Gasteiger partial charge in [-0.1, -0.05) is 30.3 Å². The van der Waals surface area contributed by atoms with E-state index in [4.69, 9.17) is 0 Å². The number of carbonyl (C=O) groups is 1. The molecule has 21 heavy (non-hydrogen) atoms. The molecule has 7 heteroatoms. The number of aliphatic hydroxyl groups is 1. The van der Waals surface area contributed by atoms with E-state index in [0.29, 0.717) is 6.42 Å². The summed E-state index contributed by atoms with van der Waals surface area (Å²) in [6, 6.07) is 8.34. The number of aryl methyl sites for hydroxylation is 1. The lowest BCUT2D eigenvalue weighted by atomic mass is 10.2. The number of esters is 1. The van der Waals surface area contributed by atoms with E-state index in [1.807, 2.05) is 30.3 Å². The molecule has 0 saturated carbocycles. The monoisotopic (exact) mass is 313 g/mol. The molecule has 1 heterocycles. The number of benzene rings is 1. The average Bonchev–Trinajstić information content (AvgIpc) is 2.88. The molecular weight excluding hydrogens is 294 g/mol. The van der Waals surface area contributed by atoms with Crippen LogP contribution in [0.15, 0.2) is 30.3 Å². The minimum absolute atomic E-state index is 0.0586. The summed E-state index contributed by atoms with van der Waals surface area (Å²) in [5, 5.41) is 9.65. The van der Waals surface area contributed by atoms with E-state index in [1.165, 1.54) is 7.11 Å². The highest BCUT2D eigenvalue weighted by atomic mass is 32.2. The van der Waals surface area contributed by atoms with Crippen LogP contribution in [0.5, 0.6) is 0 Å². The van der Waals surface area contributed by atoms with Gasteiger partial charge in [0.1, 0.15) is 6.04 Å². The van der Waals surface area contributed by atoms with E-state index >= 15 is 0 Å². The maximum atomic E-state index is 12.4. The Kier molecular flexibility index (Phi) is 4.97. The van der Waals surface area contributed by atoms with Gasteiger partial charge in [-0.15, -0.1) is 0 Å². The minimum Gasteiger partial charge on any atom is -0.468 e. The van der Waals surface area contributed by atoms with Gasteiger partial charge in [-0.3, -0.25) is 4.79 Å². The fourth-order valence-electron chi connectivity index (χ4n) is 2.45. The molecule has 0 aliphatic carbocycles. The molecule has 0 amide bonds. The second-order valence-corrected chi connectivity index (χ2v) is 7.09. The molecule has 0 bridgehead atoms. The van der Waals surface area contributed by atoms with Crippen molar-refractivity contribution in [1.29, 1.82) is 0 Å². The van der Waals surface area contributed by atoms with Gasteiger partial charge >= 0.3 is 5.97 Å². The molecule has 2 rings (SSSR count). The summed E-state index contributed by atoms with van der Waals surface area (Å²) in [5.41, 5.74) is 0.912. The first kappa shape index (κ1) is 15.9. The third-order valence-corrected chi connectivity index (χ3v) is 5.39. The number of nitrogens with zero attached hydrogens (tertiary/aromatic N) is 1. The van der Waals surface area contributed by atoms with Crippen molar-refractivity contribution in [2.24, 2.45) is 0 Å². The van der Waals surface area contributed by atoms with E-state index in [0.717, 1.165) is 9.87 Å². The molecule has 2 unspecified atom stereocenters. The van der Waals surface area contributed by atoms with Crippen LogP contribution in [0.1, 0.15) is 12.0 Å². The predicted molar refractivity (Wildman–Crippen MR) is 77.1 cm³/mol. The van der Waals surface area contributed by atoms with Crippen LogP contribution in [0.4, 0.5) is 0 Å². The Hall–Kier alpha value is -1.44. The van der Waals surface area contributed by atoms with Gasteiger partial charge in [-0.25, -0.2) is 8.42 Å². The van der Waals surface area contributed by atoms with Crippen molar-refractivity contribution in [2.45, 2.75) is 25.0 Å². The topological polar surface area (TPSA) is 83.9 Å². The smallest absolute Gasteiger partial charge is 0.324 e. The number of sulfonamides is 1. The standard InChI is InChI=1S/C14H19NO5S/c1-20-14(17)13-9-12(16)10-15(13)21(18,19)8-7-11-5-3-2-4-6-11/h2-6,12-13,16H,7-10H2,1H3. The predicted octanol–water partition coefficient (Wildman–Crippen LogP) is 0.167. The van der Waals surface area contributed by atoms with Crippen molar-refractivity contribution < 1.29 is 23.1 Å². The maximum Gasteiger partial charge on any atom is 0.324 e. The maximum absolute atomic E-state index is 12.4. The number of hydrogen-bond donors (Lipinski definition) is 1. The first-order chi connectivity index (χ1) is 9.94. The van der Waals surface area contributed by atoms with Gasteiger partial charge < -0.3 is 9.84 Å². The summed E-state index contributed by atoms with van der Waals surface area (Å²) in [7, 11) is -2.41. The fourth-order valence-corrected chi connectivity index (χ4v) is 4.14. The SMILES string of the molecule is COC(=O)C1CC(O)CN1S(=O)(=O)CCc1ccccc1. The number of hydrogen-bond acceptors (Lipinski definition) is 5. The first-order valence-electron chi connectivity index (χ1n) is 6.73. The third-order valence-electron chi connectivity index (χ3n) is 3.56. The van der Waals surface area contributed by atoms with E-state index in [2.05, 4.69) is 4.74 Å². The normalized spacial score (nSPS) is 23.1. The van der Waals surface area contributed by atoms with E-state index in [9.17, 15) is 18.3 Å². The quantitative estimate of drug-likeness (QED) is 0.783. The summed E-state index contributed by atoms with van der Waals surface area (Å²) >= 11 is 0. The summed E-state index contributed by atoms with van der Waals surface area (Å²) in [4.78, 5) is 11.7. The number of carbonyl (C=O) groups excluding carboxylic acids is 1. The number of rotatable bonds is 5. The molecule has 6 nitrogen and oxygen atoms in total. The van der Waals surface area contributed by atoms with Crippen LogP contribution in [0.25, 0.3) is 0 Å². The lowest BCUT2D eigenvalue weighted by Gasteiger charge is -2.21. The van der Waals surface area contributed by atoms with Crippen molar-refractivity contribution in [3.8, 4) is 0 Å². The number of ether oxygens (including phenoxy) is 1. The highest BCUT2D eigenvalue weighted by Crippen LogP contribution is 2.23. The van der Waals surface area contributed by atoms with Crippen molar-refractivity contribution >= 4 is 16.0 Å². The summed E-state index contributed by atoms with van der Waals surface area (Å²) in [6.07, 6.45) is -0.387. The molecule has 1 aromatic rings. The molecule has 116 valence electrons.